The number of ketones is 1. The Morgan fingerprint density at radius 1 is 1.33 bits per heavy atom. The number of esters is 1. The minimum Gasteiger partial charge on any atom is -0.464 e. The highest BCUT2D eigenvalue weighted by atomic mass is 32.1. The highest BCUT2D eigenvalue weighted by molar-refractivity contribution is 7.17. The summed E-state index contributed by atoms with van der Waals surface area (Å²) in [6.07, 6.45) is 4.83. The van der Waals surface area contributed by atoms with Crippen molar-refractivity contribution in [3.63, 3.8) is 0 Å². The van der Waals surface area contributed by atoms with E-state index in [4.69, 9.17) is 4.74 Å². The molecule has 0 spiro atoms. The molecule has 1 aliphatic rings. The molecule has 0 bridgehead atoms. The Morgan fingerprint density at radius 3 is 2.57 bits per heavy atom. The van der Waals surface area contributed by atoms with E-state index in [0.717, 1.165) is 11.6 Å². The van der Waals surface area contributed by atoms with E-state index in [1.807, 2.05) is 7.05 Å². The van der Waals surface area contributed by atoms with Gasteiger partial charge in [0.2, 0.25) is 0 Å². The van der Waals surface area contributed by atoms with Crippen LogP contribution in [0.4, 0.5) is 5.13 Å². The molecule has 0 aliphatic heterocycles. The van der Waals surface area contributed by atoms with Gasteiger partial charge in [0.1, 0.15) is 4.88 Å². The number of carbonyl (C=O) groups is 2. The zero-order chi connectivity index (χ0) is 15.6. The normalized spacial score (nSPS) is 21.9. The summed E-state index contributed by atoms with van der Waals surface area (Å²) >= 11 is 1.28. The van der Waals surface area contributed by atoms with E-state index >= 15 is 0 Å². The van der Waals surface area contributed by atoms with Gasteiger partial charge in [-0.15, -0.1) is 0 Å². The molecule has 1 heterocycles. The molecule has 0 aromatic carbocycles. The first kappa shape index (κ1) is 15.9. The molecule has 0 saturated heterocycles. The molecule has 0 N–H and O–H groups in total. The maximum Gasteiger partial charge on any atom is 0.358 e. The number of aromatic nitrogens is 1. The molecule has 0 amide bonds. The topological polar surface area (TPSA) is 59.5 Å². The van der Waals surface area contributed by atoms with Crippen LogP contribution in [0, 0.1) is 5.92 Å². The predicted molar refractivity (Wildman–Crippen MR) is 83.3 cm³/mol. The lowest BCUT2D eigenvalue weighted by atomic mass is 9.85. The number of nitrogens with zero attached hydrogens (tertiary/aromatic N) is 2. The number of hydrogen-bond acceptors (Lipinski definition) is 6. The molecule has 5 nitrogen and oxygen atoms in total. The maximum absolute atomic E-state index is 11.8. The highest BCUT2D eigenvalue weighted by Crippen LogP contribution is 2.34. The molecule has 1 fully saturated rings. The lowest BCUT2D eigenvalue weighted by Crippen LogP contribution is -2.39. The van der Waals surface area contributed by atoms with Crippen LogP contribution >= 0.6 is 11.3 Å². The molecule has 1 aromatic rings. The van der Waals surface area contributed by atoms with Crippen LogP contribution in [0.25, 0.3) is 0 Å². The maximum atomic E-state index is 11.8. The number of ether oxygens (including phenoxy) is 1. The Balaban J connectivity index is 2.31. The van der Waals surface area contributed by atoms with E-state index in [9.17, 15) is 9.59 Å². The predicted octanol–water partition coefficient (Wildman–Crippen LogP) is 3.15. The van der Waals surface area contributed by atoms with Crippen LogP contribution in [0.1, 0.15) is 59.7 Å². The van der Waals surface area contributed by atoms with Gasteiger partial charge in [-0.2, -0.15) is 0 Å². The van der Waals surface area contributed by atoms with Gasteiger partial charge >= 0.3 is 5.97 Å². The Labute approximate surface area is 129 Å². The molecule has 0 radical (unpaired) electrons. The summed E-state index contributed by atoms with van der Waals surface area (Å²) in [4.78, 5) is 30.3. The third kappa shape index (κ3) is 3.26. The van der Waals surface area contributed by atoms with E-state index in [-0.39, 0.29) is 11.5 Å². The molecule has 2 unspecified atom stereocenters. The molecule has 1 aromatic heterocycles. The van der Waals surface area contributed by atoms with Crippen molar-refractivity contribution in [2.45, 2.75) is 45.6 Å². The quantitative estimate of drug-likeness (QED) is 0.631. The van der Waals surface area contributed by atoms with Gasteiger partial charge in [0, 0.05) is 20.0 Å². The minimum atomic E-state index is -0.548. The second kappa shape index (κ2) is 6.56. The Hall–Kier alpha value is -1.43. The van der Waals surface area contributed by atoms with E-state index < -0.39 is 5.97 Å². The summed E-state index contributed by atoms with van der Waals surface area (Å²) in [5.41, 5.74) is 0.139. The highest BCUT2D eigenvalue weighted by Gasteiger charge is 2.29. The number of thiazole rings is 1. The van der Waals surface area contributed by atoms with Crippen molar-refractivity contribution in [2.75, 3.05) is 19.1 Å². The monoisotopic (exact) mass is 310 g/mol. The van der Waals surface area contributed by atoms with Crippen LogP contribution in [0.5, 0.6) is 0 Å². The standard InChI is InChI=1S/C15H22N2O3S/c1-9-7-5-6-8-11(9)17(3)15-16-12(14(19)20-4)13(21-15)10(2)18/h9,11H,5-8H2,1-4H3. The van der Waals surface area contributed by atoms with E-state index in [2.05, 4.69) is 16.8 Å². The van der Waals surface area contributed by atoms with E-state index in [1.165, 1.54) is 44.6 Å². The Bertz CT molecular complexity index is 541. The summed E-state index contributed by atoms with van der Waals surface area (Å²) in [6, 6.07) is 0.412. The van der Waals surface area contributed by atoms with Crippen molar-refractivity contribution < 1.29 is 14.3 Å². The molecule has 6 heteroatoms. The van der Waals surface area contributed by atoms with Gasteiger partial charge in [-0.05, 0) is 18.8 Å². The van der Waals surface area contributed by atoms with Gasteiger partial charge in [-0.25, -0.2) is 9.78 Å². The Kier molecular flexibility index (Phi) is 4.98. The van der Waals surface area contributed by atoms with Crippen molar-refractivity contribution in [3.05, 3.63) is 10.6 Å². The fourth-order valence-corrected chi connectivity index (χ4v) is 3.92. The number of hydrogen-bond donors (Lipinski definition) is 0. The van der Waals surface area contributed by atoms with Crippen LogP contribution in [0.3, 0.4) is 0 Å². The molecule has 1 aliphatic carbocycles. The van der Waals surface area contributed by atoms with Gasteiger partial charge in [0.25, 0.3) is 0 Å². The smallest absolute Gasteiger partial charge is 0.358 e. The molecule has 116 valence electrons. The SMILES string of the molecule is COC(=O)c1nc(N(C)C2CCCCC2C)sc1C(C)=O. The molecule has 2 rings (SSSR count). The number of anilines is 1. The van der Waals surface area contributed by atoms with Gasteiger partial charge in [0.15, 0.2) is 16.6 Å². The summed E-state index contributed by atoms with van der Waals surface area (Å²) in [6.45, 7) is 3.70. The summed E-state index contributed by atoms with van der Waals surface area (Å²) in [7, 11) is 3.30. The lowest BCUT2D eigenvalue weighted by molar-refractivity contribution is 0.0591. The van der Waals surface area contributed by atoms with Gasteiger partial charge in [-0.3, -0.25) is 4.79 Å². The second-order valence-electron chi connectivity index (χ2n) is 5.66. The molecular weight excluding hydrogens is 288 g/mol. The average molecular weight is 310 g/mol. The van der Waals surface area contributed by atoms with Gasteiger partial charge in [-0.1, -0.05) is 31.1 Å². The number of rotatable bonds is 4. The zero-order valence-electron chi connectivity index (χ0n) is 13.0. The molecule has 21 heavy (non-hydrogen) atoms. The van der Waals surface area contributed by atoms with Crippen molar-refractivity contribution in [1.82, 2.24) is 4.98 Å². The fourth-order valence-electron chi connectivity index (χ4n) is 2.95. The van der Waals surface area contributed by atoms with Crippen LogP contribution < -0.4 is 4.90 Å². The first-order valence-electron chi connectivity index (χ1n) is 7.28. The van der Waals surface area contributed by atoms with E-state index in [0.29, 0.717) is 16.8 Å². The molecular formula is C15H22N2O3S. The van der Waals surface area contributed by atoms with Gasteiger partial charge < -0.3 is 9.64 Å². The second-order valence-corrected chi connectivity index (χ2v) is 6.64. The summed E-state index contributed by atoms with van der Waals surface area (Å²) in [5, 5.41) is 0.722. The molecule has 2 atom stereocenters. The zero-order valence-corrected chi connectivity index (χ0v) is 13.8. The van der Waals surface area contributed by atoms with E-state index in [1.54, 1.807) is 0 Å². The third-order valence-electron chi connectivity index (χ3n) is 4.18. The lowest BCUT2D eigenvalue weighted by Gasteiger charge is -2.36. The van der Waals surface area contributed by atoms with Crippen LogP contribution in [-0.4, -0.2) is 36.9 Å². The van der Waals surface area contributed by atoms with Crippen LogP contribution in [0.2, 0.25) is 0 Å². The average Bonchev–Trinajstić information content (AvgIpc) is 2.91. The van der Waals surface area contributed by atoms with Gasteiger partial charge in [0.05, 0.1) is 7.11 Å². The Morgan fingerprint density at radius 2 is 2.00 bits per heavy atom. The van der Waals surface area contributed by atoms with Crippen molar-refractivity contribution in [1.29, 1.82) is 0 Å². The largest absolute Gasteiger partial charge is 0.464 e. The minimum absolute atomic E-state index is 0.139. The first-order chi connectivity index (χ1) is 9.95. The van der Waals surface area contributed by atoms with Crippen molar-refractivity contribution in [3.8, 4) is 0 Å². The summed E-state index contributed by atoms with van der Waals surface area (Å²) < 4.78 is 4.72. The van der Waals surface area contributed by atoms with Crippen LogP contribution in [-0.2, 0) is 4.74 Å². The summed E-state index contributed by atoms with van der Waals surface area (Å²) in [5.74, 6) is -0.105. The number of carbonyl (C=O) groups excluding carboxylic acids is 2. The first-order valence-corrected chi connectivity index (χ1v) is 8.10. The number of methoxy groups -OCH3 is 1. The third-order valence-corrected chi connectivity index (χ3v) is 5.43. The van der Waals surface area contributed by atoms with Crippen LogP contribution in [0.15, 0.2) is 0 Å². The number of Topliss-reactive ketones (excluding diaryl/α,β-unsaturated/α-hetero) is 1. The fraction of sp³-hybridized carbons (Fsp3) is 0.667. The van der Waals surface area contributed by atoms with Crippen molar-refractivity contribution >= 4 is 28.2 Å². The van der Waals surface area contributed by atoms with Crippen molar-refractivity contribution in [2.24, 2.45) is 5.92 Å². The molecule has 1 saturated carbocycles.